The van der Waals surface area contributed by atoms with Crippen LogP contribution in [-0.4, -0.2) is 20.3 Å². The maximum absolute atomic E-state index is 6.01. The molecular weight excluding hydrogens is 226 g/mol. The third kappa shape index (κ3) is 2.74. The summed E-state index contributed by atoms with van der Waals surface area (Å²) in [5.74, 6) is 3.78. The average molecular weight is 240 g/mol. The largest absolute Gasteiger partial charge is 0.495 e. The lowest BCUT2D eigenvalue weighted by atomic mass is 10.2. The van der Waals surface area contributed by atoms with E-state index in [9.17, 15) is 0 Å². The summed E-state index contributed by atoms with van der Waals surface area (Å²) in [7, 11) is 3.13. The van der Waals surface area contributed by atoms with Gasteiger partial charge in [-0.3, -0.25) is 0 Å². The van der Waals surface area contributed by atoms with Crippen molar-refractivity contribution >= 4 is 17.3 Å². The number of methoxy groups -OCH3 is 2. The van der Waals surface area contributed by atoms with Gasteiger partial charge in [0.25, 0.3) is 0 Å². The highest BCUT2D eigenvalue weighted by Crippen LogP contribution is 2.36. The first-order valence-corrected chi connectivity index (χ1v) is 5.14. The Balaban J connectivity index is 3.09. The van der Waals surface area contributed by atoms with Crippen LogP contribution in [0.2, 0.25) is 5.02 Å². The molecule has 0 saturated heterocycles. The van der Waals surface area contributed by atoms with Gasteiger partial charge in [-0.2, -0.15) is 0 Å². The smallest absolute Gasteiger partial charge is 0.145 e. The van der Waals surface area contributed by atoms with Crippen LogP contribution in [0.25, 0.3) is 0 Å². The molecule has 1 rings (SSSR count). The molecule has 0 saturated carbocycles. The number of rotatable bonds is 4. The molecule has 4 heteroatoms. The van der Waals surface area contributed by atoms with Gasteiger partial charge in [0.15, 0.2) is 0 Å². The van der Waals surface area contributed by atoms with E-state index in [0.717, 1.165) is 5.69 Å². The first kappa shape index (κ1) is 12.5. The minimum atomic E-state index is -0.0987. The predicted molar refractivity (Wildman–Crippen MR) is 66.5 cm³/mol. The van der Waals surface area contributed by atoms with E-state index < -0.39 is 0 Å². The zero-order chi connectivity index (χ0) is 12.1. The van der Waals surface area contributed by atoms with E-state index in [4.69, 9.17) is 27.5 Å². The van der Waals surface area contributed by atoms with Gasteiger partial charge in [-0.1, -0.05) is 17.5 Å². The highest BCUT2D eigenvalue weighted by atomic mass is 35.5. The molecule has 0 radical (unpaired) electrons. The van der Waals surface area contributed by atoms with Crippen LogP contribution in [0.4, 0.5) is 5.69 Å². The topological polar surface area (TPSA) is 30.5 Å². The summed E-state index contributed by atoms with van der Waals surface area (Å²) in [6.07, 6.45) is 5.29. The second kappa shape index (κ2) is 5.53. The second-order valence-electron chi connectivity index (χ2n) is 3.22. The molecule has 0 fully saturated rings. The summed E-state index contributed by atoms with van der Waals surface area (Å²) in [5.41, 5.74) is 0.749. The van der Waals surface area contributed by atoms with Crippen molar-refractivity contribution in [3.8, 4) is 23.8 Å². The number of benzene rings is 1. The van der Waals surface area contributed by atoms with Crippen LogP contribution in [-0.2, 0) is 0 Å². The maximum atomic E-state index is 6.01. The molecule has 0 aliphatic heterocycles. The van der Waals surface area contributed by atoms with Crippen LogP contribution in [0.3, 0.4) is 0 Å². The van der Waals surface area contributed by atoms with E-state index in [1.807, 2.05) is 6.92 Å². The molecule has 86 valence electrons. The van der Waals surface area contributed by atoms with Gasteiger partial charge in [0.1, 0.15) is 11.5 Å². The van der Waals surface area contributed by atoms with Crippen LogP contribution in [0.1, 0.15) is 6.92 Å². The van der Waals surface area contributed by atoms with Crippen molar-refractivity contribution in [2.24, 2.45) is 0 Å². The lowest BCUT2D eigenvalue weighted by Crippen LogP contribution is -2.12. The van der Waals surface area contributed by atoms with Gasteiger partial charge in [0.05, 0.1) is 31.0 Å². The molecule has 0 aromatic heterocycles. The van der Waals surface area contributed by atoms with E-state index in [1.165, 1.54) is 0 Å². The average Bonchev–Trinajstić information content (AvgIpc) is 2.29. The van der Waals surface area contributed by atoms with E-state index >= 15 is 0 Å². The summed E-state index contributed by atoms with van der Waals surface area (Å²) in [4.78, 5) is 0. The molecule has 1 N–H and O–H groups in total. The third-order valence-electron chi connectivity index (χ3n) is 2.10. The van der Waals surface area contributed by atoms with Crippen LogP contribution < -0.4 is 14.8 Å². The highest BCUT2D eigenvalue weighted by molar-refractivity contribution is 6.32. The van der Waals surface area contributed by atoms with E-state index in [-0.39, 0.29) is 6.04 Å². The number of terminal acetylenes is 1. The molecule has 1 aromatic carbocycles. The Labute approximate surface area is 101 Å². The van der Waals surface area contributed by atoms with E-state index in [0.29, 0.717) is 16.5 Å². The summed E-state index contributed by atoms with van der Waals surface area (Å²) >= 11 is 6.01. The van der Waals surface area contributed by atoms with Gasteiger partial charge in [-0.05, 0) is 13.0 Å². The van der Waals surface area contributed by atoms with Crippen LogP contribution in [0.15, 0.2) is 12.1 Å². The molecule has 0 bridgehead atoms. The predicted octanol–water partition coefficient (Wildman–Crippen LogP) is 2.79. The number of ether oxygens (including phenoxy) is 2. The number of hydrogen-bond acceptors (Lipinski definition) is 3. The van der Waals surface area contributed by atoms with Crippen molar-refractivity contribution in [2.45, 2.75) is 13.0 Å². The van der Waals surface area contributed by atoms with Crippen molar-refractivity contribution < 1.29 is 9.47 Å². The molecule has 16 heavy (non-hydrogen) atoms. The SMILES string of the molecule is C#CC(C)Nc1cc(Cl)c(OC)cc1OC. The van der Waals surface area contributed by atoms with Crippen LogP contribution in [0.5, 0.6) is 11.5 Å². The van der Waals surface area contributed by atoms with Crippen molar-refractivity contribution in [2.75, 3.05) is 19.5 Å². The molecule has 0 aliphatic carbocycles. The molecular formula is C12H14ClNO2. The molecule has 1 aromatic rings. The maximum Gasteiger partial charge on any atom is 0.145 e. The molecule has 0 aliphatic rings. The molecule has 1 unspecified atom stereocenters. The zero-order valence-corrected chi connectivity index (χ0v) is 10.3. The Kier molecular flexibility index (Phi) is 4.33. The van der Waals surface area contributed by atoms with Gasteiger partial charge in [0, 0.05) is 6.07 Å². The van der Waals surface area contributed by atoms with Gasteiger partial charge < -0.3 is 14.8 Å². The second-order valence-corrected chi connectivity index (χ2v) is 3.63. The van der Waals surface area contributed by atoms with E-state index in [1.54, 1.807) is 26.4 Å². The summed E-state index contributed by atoms with van der Waals surface area (Å²) in [5, 5.41) is 3.61. The molecule has 0 spiro atoms. The number of nitrogens with one attached hydrogen (secondary N) is 1. The zero-order valence-electron chi connectivity index (χ0n) is 9.50. The molecule has 0 amide bonds. The number of anilines is 1. The molecule has 3 nitrogen and oxygen atoms in total. The standard InChI is InChI=1S/C12H14ClNO2/c1-5-8(2)14-10-6-9(13)11(15-3)7-12(10)16-4/h1,6-8,14H,2-4H3. The Morgan fingerprint density at radius 1 is 1.31 bits per heavy atom. The summed E-state index contributed by atoms with van der Waals surface area (Å²) < 4.78 is 10.3. The monoisotopic (exact) mass is 239 g/mol. The minimum Gasteiger partial charge on any atom is -0.495 e. The highest BCUT2D eigenvalue weighted by Gasteiger charge is 2.10. The van der Waals surface area contributed by atoms with Gasteiger partial charge in [-0.15, -0.1) is 6.42 Å². The first-order chi connectivity index (χ1) is 7.62. The van der Waals surface area contributed by atoms with Gasteiger partial charge in [-0.25, -0.2) is 0 Å². The van der Waals surface area contributed by atoms with Gasteiger partial charge in [0.2, 0.25) is 0 Å². The van der Waals surface area contributed by atoms with Crippen molar-refractivity contribution in [1.82, 2.24) is 0 Å². The summed E-state index contributed by atoms with van der Waals surface area (Å²) in [6.45, 7) is 1.87. The Morgan fingerprint density at radius 2 is 1.94 bits per heavy atom. The lowest BCUT2D eigenvalue weighted by molar-refractivity contribution is 0.395. The van der Waals surface area contributed by atoms with Crippen molar-refractivity contribution in [3.05, 3.63) is 17.2 Å². The quantitative estimate of drug-likeness (QED) is 0.820. The number of hydrogen-bond donors (Lipinski definition) is 1. The Morgan fingerprint density at radius 3 is 2.44 bits per heavy atom. The first-order valence-electron chi connectivity index (χ1n) is 4.76. The fourth-order valence-electron chi connectivity index (χ4n) is 1.25. The third-order valence-corrected chi connectivity index (χ3v) is 2.39. The number of halogens is 1. The molecule has 0 heterocycles. The fraction of sp³-hybridized carbons (Fsp3) is 0.333. The van der Waals surface area contributed by atoms with Gasteiger partial charge >= 0.3 is 0 Å². The minimum absolute atomic E-state index is 0.0987. The van der Waals surface area contributed by atoms with Crippen molar-refractivity contribution in [3.63, 3.8) is 0 Å². The van der Waals surface area contributed by atoms with Crippen molar-refractivity contribution in [1.29, 1.82) is 0 Å². The Bertz CT molecular complexity index is 412. The Hall–Kier alpha value is -1.53. The normalized spacial score (nSPS) is 11.4. The summed E-state index contributed by atoms with van der Waals surface area (Å²) in [6, 6.07) is 3.35. The van der Waals surface area contributed by atoms with E-state index in [2.05, 4.69) is 11.2 Å². The lowest BCUT2D eigenvalue weighted by Gasteiger charge is -2.15. The van der Waals surface area contributed by atoms with Crippen LogP contribution in [0, 0.1) is 12.3 Å². The molecule has 1 atom stereocenters. The fourth-order valence-corrected chi connectivity index (χ4v) is 1.49. The van der Waals surface area contributed by atoms with Crippen LogP contribution >= 0.6 is 11.6 Å².